The molecule has 2 nitrogen and oxygen atoms in total. The zero-order valence-electron chi connectivity index (χ0n) is 9.61. The van der Waals surface area contributed by atoms with Gasteiger partial charge in [-0.1, -0.05) is 23.7 Å². The number of hydrogen-bond donors (Lipinski definition) is 1. The Hall–Kier alpha value is -1.51. The molecule has 0 spiro atoms. The number of aryl methyl sites for hydroxylation is 1. The van der Waals surface area contributed by atoms with E-state index < -0.39 is 0 Å². The standard InChI is InChI=1S/C14H14ClNO/c1-10-7-13(5-6-14(10)15)17-12-4-2-3-11(8-12)9-16/h2-8H,9,16H2,1H3. The molecule has 0 aliphatic rings. The topological polar surface area (TPSA) is 35.2 Å². The minimum absolute atomic E-state index is 0.511. The molecule has 0 amide bonds. The van der Waals surface area contributed by atoms with E-state index in [-0.39, 0.29) is 0 Å². The predicted molar refractivity (Wildman–Crippen MR) is 70.6 cm³/mol. The van der Waals surface area contributed by atoms with E-state index in [0.29, 0.717) is 6.54 Å². The molecule has 0 unspecified atom stereocenters. The summed E-state index contributed by atoms with van der Waals surface area (Å²) in [4.78, 5) is 0. The molecule has 0 fully saturated rings. The van der Waals surface area contributed by atoms with Crippen molar-refractivity contribution in [1.82, 2.24) is 0 Å². The smallest absolute Gasteiger partial charge is 0.127 e. The lowest BCUT2D eigenvalue weighted by molar-refractivity contribution is 0.481. The molecule has 0 aliphatic carbocycles. The van der Waals surface area contributed by atoms with E-state index in [9.17, 15) is 0 Å². The van der Waals surface area contributed by atoms with Crippen LogP contribution in [0.1, 0.15) is 11.1 Å². The van der Waals surface area contributed by atoms with Crippen molar-refractivity contribution >= 4 is 11.6 Å². The third-order valence-electron chi connectivity index (χ3n) is 2.50. The van der Waals surface area contributed by atoms with Gasteiger partial charge < -0.3 is 10.5 Å². The number of nitrogens with two attached hydrogens (primary N) is 1. The van der Waals surface area contributed by atoms with Crippen LogP contribution in [0.3, 0.4) is 0 Å². The molecule has 0 aliphatic heterocycles. The van der Waals surface area contributed by atoms with Crippen LogP contribution >= 0.6 is 11.6 Å². The molecule has 3 heteroatoms. The third-order valence-corrected chi connectivity index (χ3v) is 2.92. The number of rotatable bonds is 3. The van der Waals surface area contributed by atoms with E-state index in [4.69, 9.17) is 22.1 Å². The Morgan fingerprint density at radius 2 is 1.88 bits per heavy atom. The Balaban J connectivity index is 2.22. The Kier molecular flexibility index (Phi) is 3.67. The highest BCUT2D eigenvalue weighted by atomic mass is 35.5. The lowest BCUT2D eigenvalue weighted by atomic mass is 10.2. The van der Waals surface area contributed by atoms with E-state index >= 15 is 0 Å². The first-order chi connectivity index (χ1) is 8.19. The summed E-state index contributed by atoms with van der Waals surface area (Å²) in [5.41, 5.74) is 7.63. The molecule has 0 saturated heterocycles. The number of hydrogen-bond acceptors (Lipinski definition) is 2. The van der Waals surface area contributed by atoms with Gasteiger partial charge in [-0.2, -0.15) is 0 Å². The molecule has 0 bridgehead atoms. The maximum atomic E-state index is 5.96. The first-order valence-electron chi connectivity index (χ1n) is 5.42. The molecule has 2 aromatic rings. The van der Waals surface area contributed by atoms with Crippen LogP contribution in [0.15, 0.2) is 42.5 Å². The Bertz CT molecular complexity index is 525. The molecule has 0 heterocycles. The van der Waals surface area contributed by atoms with Crippen LogP contribution in [0, 0.1) is 6.92 Å². The van der Waals surface area contributed by atoms with E-state index in [1.165, 1.54) is 0 Å². The molecule has 2 rings (SSSR count). The van der Waals surface area contributed by atoms with Crippen molar-refractivity contribution in [2.45, 2.75) is 13.5 Å². The van der Waals surface area contributed by atoms with Crippen molar-refractivity contribution in [2.75, 3.05) is 0 Å². The fraction of sp³-hybridized carbons (Fsp3) is 0.143. The van der Waals surface area contributed by atoms with Gasteiger partial charge in [-0.05, 0) is 48.4 Å². The fourth-order valence-corrected chi connectivity index (χ4v) is 1.67. The zero-order valence-corrected chi connectivity index (χ0v) is 10.4. The van der Waals surface area contributed by atoms with Crippen molar-refractivity contribution in [2.24, 2.45) is 5.73 Å². The van der Waals surface area contributed by atoms with Gasteiger partial charge in [-0.25, -0.2) is 0 Å². The molecule has 88 valence electrons. The minimum atomic E-state index is 0.511. The highest BCUT2D eigenvalue weighted by Crippen LogP contribution is 2.26. The predicted octanol–water partition coefficient (Wildman–Crippen LogP) is 3.90. The Morgan fingerprint density at radius 3 is 2.59 bits per heavy atom. The van der Waals surface area contributed by atoms with Crippen molar-refractivity contribution in [3.63, 3.8) is 0 Å². The SMILES string of the molecule is Cc1cc(Oc2cccc(CN)c2)ccc1Cl. The van der Waals surface area contributed by atoms with Crippen LogP contribution < -0.4 is 10.5 Å². The number of ether oxygens (including phenoxy) is 1. The summed E-state index contributed by atoms with van der Waals surface area (Å²) < 4.78 is 5.74. The average Bonchev–Trinajstić information content (AvgIpc) is 2.34. The molecule has 0 radical (unpaired) electrons. The summed E-state index contributed by atoms with van der Waals surface area (Å²) in [5.74, 6) is 1.57. The highest BCUT2D eigenvalue weighted by molar-refractivity contribution is 6.31. The first-order valence-corrected chi connectivity index (χ1v) is 5.80. The number of halogens is 1. The summed E-state index contributed by atoms with van der Waals surface area (Å²) in [5, 5.41) is 0.744. The molecule has 2 aromatic carbocycles. The molecule has 0 aromatic heterocycles. The second-order valence-corrected chi connectivity index (χ2v) is 4.27. The van der Waals surface area contributed by atoms with Crippen LogP contribution in [0.2, 0.25) is 5.02 Å². The van der Waals surface area contributed by atoms with Gasteiger partial charge in [-0.15, -0.1) is 0 Å². The largest absolute Gasteiger partial charge is 0.457 e. The van der Waals surface area contributed by atoms with Gasteiger partial charge in [-0.3, -0.25) is 0 Å². The Morgan fingerprint density at radius 1 is 1.12 bits per heavy atom. The zero-order chi connectivity index (χ0) is 12.3. The van der Waals surface area contributed by atoms with Crippen LogP contribution in [0.25, 0.3) is 0 Å². The van der Waals surface area contributed by atoms with Crippen molar-refractivity contribution < 1.29 is 4.74 Å². The van der Waals surface area contributed by atoms with E-state index in [1.807, 2.05) is 49.4 Å². The van der Waals surface area contributed by atoms with Crippen LogP contribution in [-0.4, -0.2) is 0 Å². The molecular weight excluding hydrogens is 234 g/mol. The lowest BCUT2D eigenvalue weighted by Crippen LogP contribution is -1.96. The first kappa shape index (κ1) is 12.0. The summed E-state index contributed by atoms with van der Waals surface area (Å²) in [6, 6.07) is 13.3. The van der Waals surface area contributed by atoms with Crippen LogP contribution in [0.5, 0.6) is 11.5 Å². The lowest BCUT2D eigenvalue weighted by Gasteiger charge is -2.08. The van der Waals surface area contributed by atoms with Gasteiger partial charge in [0, 0.05) is 11.6 Å². The summed E-state index contributed by atoms with van der Waals surface area (Å²) in [6.07, 6.45) is 0. The van der Waals surface area contributed by atoms with Gasteiger partial charge in [0.05, 0.1) is 0 Å². The summed E-state index contributed by atoms with van der Waals surface area (Å²) >= 11 is 5.96. The monoisotopic (exact) mass is 247 g/mol. The number of benzene rings is 2. The normalized spacial score (nSPS) is 10.3. The molecule has 0 saturated carbocycles. The quantitative estimate of drug-likeness (QED) is 0.893. The summed E-state index contributed by atoms with van der Waals surface area (Å²) in [6.45, 7) is 2.46. The maximum Gasteiger partial charge on any atom is 0.127 e. The molecule has 2 N–H and O–H groups in total. The van der Waals surface area contributed by atoms with Crippen molar-refractivity contribution in [3.05, 3.63) is 58.6 Å². The van der Waals surface area contributed by atoms with Gasteiger partial charge in [0.25, 0.3) is 0 Å². The second kappa shape index (κ2) is 5.21. The molecular formula is C14H14ClNO. The van der Waals surface area contributed by atoms with Gasteiger partial charge in [0.1, 0.15) is 11.5 Å². The van der Waals surface area contributed by atoms with Crippen LogP contribution in [-0.2, 0) is 6.54 Å². The van der Waals surface area contributed by atoms with E-state index in [2.05, 4.69) is 0 Å². The van der Waals surface area contributed by atoms with E-state index in [1.54, 1.807) is 0 Å². The Labute approximate surface area is 106 Å². The van der Waals surface area contributed by atoms with Crippen LogP contribution in [0.4, 0.5) is 0 Å². The van der Waals surface area contributed by atoms with Gasteiger partial charge in [0.2, 0.25) is 0 Å². The second-order valence-electron chi connectivity index (χ2n) is 3.86. The molecule has 0 atom stereocenters. The van der Waals surface area contributed by atoms with Crippen molar-refractivity contribution in [1.29, 1.82) is 0 Å². The maximum absolute atomic E-state index is 5.96. The molecule has 17 heavy (non-hydrogen) atoms. The third kappa shape index (κ3) is 2.99. The van der Waals surface area contributed by atoms with Gasteiger partial charge in [0.15, 0.2) is 0 Å². The summed E-state index contributed by atoms with van der Waals surface area (Å²) in [7, 11) is 0. The fourth-order valence-electron chi connectivity index (χ4n) is 1.55. The minimum Gasteiger partial charge on any atom is -0.457 e. The van der Waals surface area contributed by atoms with E-state index in [0.717, 1.165) is 27.6 Å². The average molecular weight is 248 g/mol. The van der Waals surface area contributed by atoms with Crippen molar-refractivity contribution in [3.8, 4) is 11.5 Å². The highest BCUT2D eigenvalue weighted by Gasteiger charge is 2.01. The van der Waals surface area contributed by atoms with Gasteiger partial charge >= 0.3 is 0 Å².